The van der Waals surface area contributed by atoms with Crippen molar-refractivity contribution in [2.45, 2.75) is 39.4 Å². The summed E-state index contributed by atoms with van der Waals surface area (Å²) in [7, 11) is 0. The lowest BCUT2D eigenvalue weighted by Crippen LogP contribution is -2.33. The minimum atomic E-state index is -0.353. The number of carbonyl (C=O) groups is 1. The number of carbonyl (C=O) groups excluding carboxylic acids is 1. The second-order valence-electron chi connectivity index (χ2n) is 5.79. The maximum absolute atomic E-state index is 12.1. The Hall–Kier alpha value is -1.70. The SMILES string of the molecule is Cc1nn(-c2ccc(C(=O)NOC3CCCCO3)cc2)c(C)c1Br. The van der Waals surface area contributed by atoms with Gasteiger partial charge in [0.25, 0.3) is 5.91 Å². The lowest BCUT2D eigenvalue weighted by Gasteiger charge is -2.22. The summed E-state index contributed by atoms with van der Waals surface area (Å²) in [6.45, 7) is 4.61. The van der Waals surface area contributed by atoms with Crippen LogP contribution in [-0.2, 0) is 9.57 Å². The summed E-state index contributed by atoms with van der Waals surface area (Å²) in [6, 6.07) is 7.22. The van der Waals surface area contributed by atoms with Gasteiger partial charge in [-0.2, -0.15) is 5.10 Å². The molecule has 1 aliphatic rings. The van der Waals surface area contributed by atoms with Crippen LogP contribution in [0.15, 0.2) is 28.7 Å². The van der Waals surface area contributed by atoms with Crippen molar-refractivity contribution in [1.29, 1.82) is 0 Å². The number of aromatic nitrogens is 2. The molecule has 1 aliphatic heterocycles. The molecule has 2 aromatic rings. The molecule has 3 rings (SSSR count). The van der Waals surface area contributed by atoms with E-state index in [2.05, 4.69) is 26.5 Å². The Balaban J connectivity index is 1.65. The second-order valence-corrected chi connectivity index (χ2v) is 6.58. The highest BCUT2D eigenvalue weighted by atomic mass is 79.9. The summed E-state index contributed by atoms with van der Waals surface area (Å²) < 4.78 is 8.25. The molecule has 1 amide bonds. The standard InChI is InChI=1S/C17H20BrN3O3/c1-11-16(18)12(2)21(19-11)14-8-6-13(7-9-14)17(22)20-24-15-5-3-4-10-23-15/h6-9,15H,3-5,10H2,1-2H3,(H,20,22). The van der Waals surface area contributed by atoms with Gasteiger partial charge in [0.15, 0.2) is 6.29 Å². The third kappa shape index (κ3) is 3.68. The predicted molar refractivity (Wildman–Crippen MR) is 92.9 cm³/mol. The summed E-state index contributed by atoms with van der Waals surface area (Å²) >= 11 is 3.52. The van der Waals surface area contributed by atoms with Crippen molar-refractivity contribution in [2.24, 2.45) is 0 Å². The number of halogens is 1. The number of hydrogen-bond donors (Lipinski definition) is 1. The van der Waals surface area contributed by atoms with Crippen LogP contribution in [0.5, 0.6) is 0 Å². The van der Waals surface area contributed by atoms with Crippen LogP contribution in [0.3, 0.4) is 0 Å². The van der Waals surface area contributed by atoms with E-state index < -0.39 is 0 Å². The van der Waals surface area contributed by atoms with E-state index >= 15 is 0 Å². The van der Waals surface area contributed by atoms with Gasteiger partial charge in [0.2, 0.25) is 0 Å². The number of hydrogen-bond acceptors (Lipinski definition) is 4. The molecule has 128 valence electrons. The number of amides is 1. The molecule has 0 saturated carbocycles. The van der Waals surface area contributed by atoms with E-state index in [9.17, 15) is 4.79 Å². The first-order valence-corrected chi connectivity index (χ1v) is 8.75. The molecule has 2 heterocycles. The molecule has 1 aromatic heterocycles. The first kappa shape index (κ1) is 17.1. The van der Waals surface area contributed by atoms with Gasteiger partial charge in [-0.3, -0.25) is 4.79 Å². The summed E-state index contributed by atoms with van der Waals surface area (Å²) in [4.78, 5) is 17.4. The second kappa shape index (κ2) is 7.46. The smallest absolute Gasteiger partial charge is 0.274 e. The zero-order chi connectivity index (χ0) is 17.1. The number of nitrogens with one attached hydrogen (secondary N) is 1. The molecule has 1 unspecified atom stereocenters. The largest absolute Gasteiger partial charge is 0.350 e. The van der Waals surface area contributed by atoms with E-state index in [1.54, 1.807) is 12.1 Å². The van der Waals surface area contributed by atoms with Crippen molar-refractivity contribution in [3.8, 4) is 5.69 Å². The lowest BCUT2D eigenvalue weighted by atomic mass is 10.2. The van der Waals surface area contributed by atoms with Crippen molar-refractivity contribution in [3.63, 3.8) is 0 Å². The highest BCUT2D eigenvalue weighted by Gasteiger charge is 2.16. The number of ether oxygens (including phenoxy) is 1. The van der Waals surface area contributed by atoms with E-state index in [1.165, 1.54) is 0 Å². The monoisotopic (exact) mass is 393 g/mol. The number of nitrogens with zero attached hydrogens (tertiary/aromatic N) is 2. The number of hydroxylamine groups is 1. The molecule has 6 nitrogen and oxygen atoms in total. The summed E-state index contributed by atoms with van der Waals surface area (Å²) in [5.74, 6) is -0.287. The normalized spacial score (nSPS) is 17.7. The predicted octanol–water partition coefficient (Wildman–Crippen LogP) is 3.44. The first-order chi connectivity index (χ1) is 11.6. The zero-order valence-corrected chi connectivity index (χ0v) is 15.3. The van der Waals surface area contributed by atoms with Gasteiger partial charge < -0.3 is 4.74 Å². The number of benzene rings is 1. The van der Waals surface area contributed by atoms with Gasteiger partial charge in [0.1, 0.15) is 0 Å². The number of rotatable bonds is 4. The minimum Gasteiger partial charge on any atom is -0.350 e. The maximum Gasteiger partial charge on any atom is 0.274 e. The molecule has 0 radical (unpaired) electrons. The van der Waals surface area contributed by atoms with Crippen LogP contribution in [0, 0.1) is 13.8 Å². The number of aryl methyl sites for hydroxylation is 1. The average molecular weight is 394 g/mol. The van der Waals surface area contributed by atoms with E-state index in [0.29, 0.717) is 12.2 Å². The Morgan fingerprint density at radius 3 is 2.67 bits per heavy atom. The molecular weight excluding hydrogens is 374 g/mol. The van der Waals surface area contributed by atoms with Gasteiger partial charge >= 0.3 is 0 Å². The van der Waals surface area contributed by atoms with Crippen LogP contribution < -0.4 is 5.48 Å². The third-order valence-corrected chi connectivity index (χ3v) is 5.15. The highest BCUT2D eigenvalue weighted by molar-refractivity contribution is 9.10. The Kier molecular flexibility index (Phi) is 5.33. The fraction of sp³-hybridized carbons (Fsp3) is 0.412. The maximum atomic E-state index is 12.1. The molecule has 0 aliphatic carbocycles. The summed E-state index contributed by atoms with van der Waals surface area (Å²) in [5.41, 5.74) is 5.82. The molecule has 24 heavy (non-hydrogen) atoms. The van der Waals surface area contributed by atoms with Crippen molar-refractivity contribution < 1.29 is 14.4 Å². The van der Waals surface area contributed by atoms with Gasteiger partial charge in [0, 0.05) is 18.6 Å². The molecule has 1 N–H and O–H groups in total. The average Bonchev–Trinajstić information content (AvgIpc) is 2.88. The molecule has 1 aromatic carbocycles. The summed E-state index contributed by atoms with van der Waals surface area (Å²) in [5, 5.41) is 4.48. The molecule has 0 spiro atoms. The zero-order valence-electron chi connectivity index (χ0n) is 13.7. The van der Waals surface area contributed by atoms with Crippen LogP contribution in [-0.4, -0.2) is 28.6 Å². The van der Waals surface area contributed by atoms with Crippen molar-refractivity contribution in [3.05, 3.63) is 45.7 Å². The van der Waals surface area contributed by atoms with Gasteiger partial charge in [-0.15, -0.1) is 0 Å². The van der Waals surface area contributed by atoms with E-state index in [1.807, 2.05) is 30.7 Å². The van der Waals surface area contributed by atoms with Crippen LogP contribution in [0.4, 0.5) is 0 Å². The third-order valence-electron chi connectivity index (χ3n) is 4.00. The first-order valence-electron chi connectivity index (χ1n) is 7.96. The molecule has 1 atom stereocenters. The lowest BCUT2D eigenvalue weighted by molar-refractivity contribution is -0.186. The fourth-order valence-corrected chi connectivity index (χ4v) is 2.86. The van der Waals surface area contributed by atoms with Crippen molar-refractivity contribution in [2.75, 3.05) is 6.61 Å². The van der Waals surface area contributed by atoms with Crippen LogP contribution in [0.25, 0.3) is 5.69 Å². The van der Waals surface area contributed by atoms with Crippen molar-refractivity contribution >= 4 is 21.8 Å². The van der Waals surface area contributed by atoms with E-state index in [4.69, 9.17) is 9.57 Å². The van der Waals surface area contributed by atoms with Gasteiger partial charge in [-0.1, -0.05) is 0 Å². The van der Waals surface area contributed by atoms with Crippen LogP contribution in [0.1, 0.15) is 41.0 Å². The quantitative estimate of drug-likeness (QED) is 0.807. The Morgan fingerprint density at radius 1 is 1.33 bits per heavy atom. The van der Waals surface area contributed by atoms with Crippen molar-refractivity contribution in [1.82, 2.24) is 15.3 Å². The van der Waals surface area contributed by atoms with Gasteiger partial charge in [0.05, 0.1) is 21.5 Å². The minimum absolute atomic E-state index is 0.287. The summed E-state index contributed by atoms with van der Waals surface area (Å²) in [6.07, 6.45) is 2.53. The molecule has 7 heteroatoms. The molecule has 0 bridgehead atoms. The highest BCUT2D eigenvalue weighted by Crippen LogP contribution is 2.23. The van der Waals surface area contributed by atoms with Gasteiger partial charge in [-0.05, 0) is 66.9 Å². The Morgan fingerprint density at radius 2 is 2.08 bits per heavy atom. The van der Waals surface area contributed by atoms with Crippen LogP contribution in [0.2, 0.25) is 0 Å². The Labute approximate surface area is 149 Å². The molecule has 1 fully saturated rings. The topological polar surface area (TPSA) is 65.4 Å². The van der Waals surface area contributed by atoms with E-state index in [0.717, 1.165) is 40.8 Å². The van der Waals surface area contributed by atoms with Crippen LogP contribution >= 0.6 is 15.9 Å². The fourth-order valence-electron chi connectivity index (χ4n) is 2.61. The molecule has 1 saturated heterocycles. The Bertz CT molecular complexity index is 721. The van der Waals surface area contributed by atoms with E-state index in [-0.39, 0.29) is 12.2 Å². The van der Waals surface area contributed by atoms with Gasteiger partial charge in [-0.25, -0.2) is 15.0 Å². The molecular formula is C17H20BrN3O3.